The second-order valence-corrected chi connectivity index (χ2v) is 7.03. The fourth-order valence-electron chi connectivity index (χ4n) is 2.30. The van der Waals surface area contributed by atoms with Crippen LogP contribution in [0.2, 0.25) is 0 Å². The van der Waals surface area contributed by atoms with Gasteiger partial charge >= 0.3 is 0 Å². The monoisotopic (exact) mass is 373 g/mol. The van der Waals surface area contributed by atoms with Crippen LogP contribution >= 0.6 is 0 Å². The first kappa shape index (κ1) is 19.2. The summed E-state index contributed by atoms with van der Waals surface area (Å²) in [5.74, 6) is 0.258. The second-order valence-electron chi connectivity index (χ2n) is 5.09. The number of allylic oxidation sites excluding steroid dienone is 2. The van der Waals surface area contributed by atoms with E-state index >= 15 is 0 Å². The van der Waals surface area contributed by atoms with Gasteiger partial charge in [0.15, 0.2) is 5.57 Å². The molecule has 0 aliphatic carbocycles. The molecular weight excluding hydrogens is 358 g/mol. The minimum absolute atomic E-state index is 0.00421. The number of methoxy groups -OCH3 is 1. The fraction of sp³-hybridized carbons (Fsp3) is 0.312. The number of hydrogen-bond donors (Lipinski definition) is 1. The normalized spacial score (nSPS) is 14.4. The Balaban J connectivity index is 2.47. The molecule has 0 unspecified atom stereocenters. The van der Waals surface area contributed by atoms with Gasteiger partial charge in [0.2, 0.25) is 10.0 Å². The summed E-state index contributed by atoms with van der Waals surface area (Å²) in [7, 11) is -2.38. The molecule has 0 radical (unpaired) electrons. The quantitative estimate of drug-likeness (QED) is 0.753. The molecule has 10 heteroatoms. The Bertz CT molecular complexity index is 928. The number of benzene rings is 1. The van der Waals surface area contributed by atoms with Crippen molar-refractivity contribution in [3.63, 3.8) is 0 Å². The van der Waals surface area contributed by atoms with E-state index in [4.69, 9.17) is 25.3 Å². The van der Waals surface area contributed by atoms with E-state index in [0.29, 0.717) is 13.2 Å². The van der Waals surface area contributed by atoms with Crippen molar-refractivity contribution < 1.29 is 17.9 Å². The molecule has 1 saturated heterocycles. The molecule has 0 saturated carbocycles. The number of nitriles is 3. The number of sulfonamides is 1. The van der Waals surface area contributed by atoms with Gasteiger partial charge < -0.3 is 14.8 Å². The van der Waals surface area contributed by atoms with Crippen LogP contribution in [0.1, 0.15) is 0 Å². The maximum atomic E-state index is 12.8. The van der Waals surface area contributed by atoms with E-state index in [1.807, 2.05) is 0 Å². The molecule has 9 nitrogen and oxygen atoms in total. The van der Waals surface area contributed by atoms with Gasteiger partial charge in [-0.3, -0.25) is 0 Å². The topological polar surface area (TPSA) is 139 Å². The van der Waals surface area contributed by atoms with Crippen molar-refractivity contribution in [2.24, 2.45) is 0 Å². The summed E-state index contributed by atoms with van der Waals surface area (Å²) in [4.78, 5) is -0.00421. The van der Waals surface area contributed by atoms with Gasteiger partial charge in [0.1, 0.15) is 29.7 Å². The van der Waals surface area contributed by atoms with Crippen LogP contribution in [0.15, 0.2) is 34.4 Å². The summed E-state index contributed by atoms with van der Waals surface area (Å²) in [5, 5.41) is 29.6. The Kier molecular flexibility index (Phi) is 6.16. The van der Waals surface area contributed by atoms with Crippen molar-refractivity contribution in [1.29, 1.82) is 15.8 Å². The minimum Gasteiger partial charge on any atom is -0.495 e. The Morgan fingerprint density at radius 2 is 1.85 bits per heavy atom. The van der Waals surface area contributed by atoms with Crippen molar-refractivity contribution in [2.75, 3.05) is 38.7 Å². The number of anilines is 1. The molecule has 1 aliphatic rings. The van der Waals surface area contributed by atoms with Crippen LogP contribution in [0, 0.1) is 34.0 Å². The SMILES string of the molecule is COc1ccc(S(=O)(=O)N2CCOCC2)cc1NC(C#N)=C(C#N)C#N. The standard InChI is InChI=1S/C16H15N5O4S/c1-24-16-3-2-13(26(22,23)21-4-6-25-7-5-21)8-14(16)20-15(11-19)12(9-17)10-18/h2-3,8,20H,4-7H2,1H3. The largest absolute Gasteiger partial charge is 0.495 e. The lowest BCUT2D eigenvalue weighted by Gasteiger charge is -2.26. The first-order valence-corrected chi connectivity index (χ1v) is 8.89. The first-order chi connectivity index (χ1) is 12.5. The van der Waals surface area contributed by atoms with Gasteiger partial charge in [-0.15, -0.1) is 0 Å². The lowest BCUT2D eigenvalue weighted by molar-refractivity contribution is 0.0730. The maximum absolute atomic E-state index is 12.8. The molecular formula is C16H15N5O4S. The third kappa shape index (κ3) is 3.93. The number of morpholine rings is 1. The minimum atomic E-state index is -3.75. The molecule has 0 amide bonds. The average molecular weight is 373 g/mol. The summed E-state index contributed by atoms with van der Waals surface area (Å²) in [5.41, 5.74) is -0.563. The molecule has 1 aromatic rings. The van der Waals surface area contributed by atoms with Gasteiger partial charge in [-0.25, -0.2) is 8.42 Å². The lowest BCUT2D eigenvalue weighted by atomic mass is 10.2. The summed E-state index contributed by atoms with van der Waals surface area (Å²) in [6.07, 6.45) is 0. The van der Waals surface area contributed by atoms with Crippen molar-refractivity contribution in [1.82, 2.24) is 4.31 Å². The van der Waals surface area contributed by atoms with Crippen LogP contribution in [0.5, 0.6) is 5.75 Å². The van der Waals surface area contributed by atoms with E-state index in [0.717, 1.165) is 0 Å². The van der Waals surface area contributed by atoms with Gasteiger partial charge in [-0.05, 0) is 18.2 Å². The Morgan fingerprint density at radius 1 is 1.19 bits per heavy atom. The Labute approximate surface area is 151 Å². The third-order valence-electron chi connectivity index (χ3n) is 3.62. The summed E-state index contributed by atoms with van der Waals surface area (Å²) in [6, 6.07) is 9.06. The number of nitrogens with zero attached hydrogens (tertiary/aromatic N) is 4. The predicted octanol–water partition coefficient (Wildman–Crippen LogP) is 0.953. The number of rotatable bonds is 5. The molecule has 1 heterocycles. The summed E-state index contributed by atoms with van der Waals surface area (Å²) >= 11 is 0. The number of hydrogen-bond acceptors (Lipinski definition) is 8. The highest BCUT2D eigenvalue weighted by molar-refractivity contribution is 7.89. The second kappa shape index (κ2) is 8.32. The van der Waals surface area contributed by atoms with Gasteiger partial charge in [0.25, 0.3) is 0 Å². The molecule has 0 aromatic heterocycles. The Morgan fingerprint density at radius 3 is 2.38 bits per heavy atom. The predicted molar refractivity (Wildman–Crippen MR) is 90.1 cm³/mol. The smallest absolute Gasteiger partial charge is 0.243 e. The zero-order valence-corrected chi connectivity index (χ0v) is 14.7. The maximum Gasteiger partial charge on any atom is 0.243 e. The molecule has 1 aromatic carbocycles. The van der Waals surface area contributed by atoms with E-state index in [9.17, 15) is 8.42 Å². The molecule has 1 N–H and O–H groups in total. The fourth-order valence-corrected chi connectivity index (χ4v) is 3.73. The third-order valence-corrected chi connectivity index (χ3v) is 5.52. The van der Waals surface area contributed by atoms with Gasteiger partial charge in [0, 0.05) is 13.1 Å². The van der Waals surface area contributed by atoms with Gasteiger partial charge in [0.05, 0.1) is 30.9 Å². The molecule has 0 spiro atoms. The summed E-state index contributed by atoms with van der Waals surface area (Å²) < 4.78 is 37.2. The van der Waals surface area contributed by atoms with E-state index in [1.165, 1.54) is 29.6 Å². The van der Waals surface area contributed by atoms with Crippen LogP contribution in [-0.2, 0) is 14.8 Å². The molecule has 134 valence electrons. The van der Waals surface area contributed by atoms with E-state index in [2.05, 4.69) is 5.32 Å². The zero-order valence-electron chi connectivity index (χ0n) is 13.9. The van der Waals surface area contributed by atoms with Gasteiger partial charge in [-0.2, -0.15) is 20.1 Å². The van der Waals surface area contributed by atoms with Crippen LogP contribution in [-0.4, -0.2) is 46.1 Å². The van der Waals surface area contributed by atoms with Crippen LogP contribution in [0.4, 0.5) is 5.69 Å². The van der Waals surface area contributed by atoms with E-state index < -0.39 is 15.6 Å². The first-order valence-electron chi connectivity index (χ1n) is 7.45. The highest BCUT2D eigenvalue weighted by Gasteiger charge is 2.27. The number of ether oxygens (including phenoxy) is 2. The summed E-state index contributed by atoms with van der Waals surface area (Å²) in [6.45, 7) is 1.12. The lowest BCUT2D eigenvalue weighted by Crippen LogP contribution is -2.40. The number of nitrogens with one attached hydrogen (secondary N) is 1. The highest BCUT2D eigenvalue weighted by Crippen LogP contribution is 2.30. The highest BCUT2D eigenvalue weighted by atomic mass is 32.2. The molecule has 1 fully saturated rings. The van der Waals surface area contributed by atoms with Gasteiger partial charge in [-0.1, -0.05) is 0 Å². The van der Waals surface area contributed by atoms with Crippen LogP contribution in [0.25, 0.3) is 0 Å². The zero-order chi connectivity index (χ0) is 19.2. The van der Waals surface area contributed by atoms with E-state index in [1.54, 1.807) is 18.2 Å². The molecule has 0 atom stereocenters. The van der Waals surface area contributed by atoms with Crippen molar-refractivity contribution in [3.8, 4) is 24.0 Å². The molecule has 26 heavy (non-hydrogen) atoms. The van der Waals surface area contributed by atoms with Crippen molar-refractivity contribution in [3.05, 3.63) is 29.5 Å². The molecule has 2 rings (SSSR count). The van der Waals surface area contributed by atoms with Crippen LogP contribution < -0.4 is 10.1 Å². The Hall–Kier alpha value is -3.10. The molecule has 0 bridgehead atoms. The van der Waals surface area contributed by atoms with Crippen molar-refractivity contribution in [2.45, 2.75) is 4.90 Å². The molecule has 1 aliphatic heterocycles. The van der Waals surface area contributed by atoms with Crippen LogP contribution in [0.3, 0.4) is 0 Å². The van der Waals surface area contributed by atoms with Crippen molar-refractivity contribution >= 4 is 15.7 Å². The average Bonchev–Trinajstić information content (AvgIpc) is 2.68. The van der Waals surface area contributed by atoms with E-state index in [-0.39, 0.29) is 35.1 Å².